The lowest BCUT2D eigenvalue weighted by Gasteiger charge is -2.21. The van der Waals surface area contributed by atoms with Crippen molar-refractivity contribution in [3.05, 3.63) is 299 Å². The molecular weight excluding hydrogens is 1480 g/mol. The Labute approximate surface area is 638 Å². The molecule has 19 nitrogen and oxygen atoms in total. The second-order valence-corrected chi connectivity index (χ2v) is 27.7. The van der Waals surface area contributed by atoms with E-state index in [-0.39, 0.29) is 46.7 Å². The average molecular weight is 1540 g/mol. The van der Waals surface area contributed by atoms with Crippen molar-refractivity contribution < 1.29 is 72.7 Å². The molecule has 8 heterocycles. The Kier molecular flexibility index (Phi) is 20.5. The zero-order valence-electron chi connectivity index (χ0n) is 60.7. The Bertz CT molecular complexity index is 5510. The molecule has 0 spiro atoms. The van der Waals surface area contributed by atoms with Crippen molar-refractivity contribution in [3.63, 3.8) is 0 Å². The van der Waals surface area contributed by atoms with Gasteiger partial charge >= 0.3 is 18.5 Å². The first-order valence-electron chi connectivity index (χ1n) is 34.6. The SMILES string of the molecule is CC1(C)C(=O)N(c2ncccn2)c2cccc(-c3ccc(C(F)(F)F)c(C(=O)Nc4ccccc4)c3)c21.CC1(C)C(=O)N(c2ncccn2)c2cccc(-c3ccc(C(F)(F)F)c(C(=O)Nc4ccccn4)c3)c21.Cc1cc(NC(=O)c2cc(-c3ccnc4c3C(C)(C)C(=O)N4c3ccccn3)ccc2C(F)(F)F)ccc1F. The van der Waals surface area contributed by atoms with Crippen LogP contribution in [0.4, 0.5) is 96.0 Å². The van der Waals surface area contributed by atoms with Crippen LogP contribution in [-0.4, -0.2) is 70.3 Å². The van der Waals surface area contributed by atoms with Crippen LogP contribution in [0.15, 0.2) is 238 Å². The molecule has 3 N–H and O–H groups in total. The molecule has 0 bridgehead atoms. The predicted octanol–water partition coefficient (Wildman–Crippen LogP) is 19.0. The van der Waals surface area contributed by atoms with Crippen molar-refractivity contribution >= 4 is 87.5 Å². The minimum absolute atomic E-state index is 0.122. The Morgan fingerprint density at radius 3 is 1.20 bits per heavy atom. The fourth-order valence-electron chi connectivity index (χ4n) is 13.8. The van der Waals surface area contributed by atoms with E-state index in [1.165, 1.54) is 107 Å². The molecule has 15 rings (SSSR count). The van der Waals surface area contributed by atoms with Crippen molar-refractivity contribution in [2.75, 3.05) is 30.7 Å². The first-order chi connectivity index (χ1) is 53.6. The minimum atomic E-state index is -4.81. The van der Waals surface area contributed by atoms with Crippen molar-refractivity contribution in [2.24, 2.45) is 0 Å². The highest BCUT2D eigenvalue weighted by Gasteiger charge is 2.51. The van der Waals surface area contributed by atoms with E-state index in [0.29, 0.717) is 78.8 Å². The molecule has 0 radical (unpaired) electrons. The lowest BCUT2D eigenvalue weighted by Crippen LogP contribution is -2.34. The number of aromatic nitrogens is 7. The highest BCUT2D eigenvalue weighted by atomic mass is 19.4. The van der Waals surface area contributed by atoms with Gasteiger partial charge in [0.2, 0.25) is 29.6 Å². The smallest absolute Gasteiger partial charge is 0.322 e. The number of amides is 6. The number of fused-ring (bicyclic) bond motifs is 3. The van der Waals surface area contributed by atoms with Crippen LogP contribution in [0.25, 0.3) is 33.4 Å². The summed E-state index contributed by atoms with van der Waals surface area (Å²) < 4.78 is 139. The lowest BCUT2D eigenvalue weighted by atomic mass is 9.81. The summed E-state index contributed by atoms with van der Waals surface area (Å²) in [4.78, 5) is 113. The molecule has 29 heteroatoms. The van der Waals surface area contributed by atoms with E-state index >= 15 is 0 Å². The molecular formula is C84H63F10N13O6. The summed E-state index contributed by atoms with van der Waals surface area (Å²) in [5.41, 5.74) is -2.02. The molecule has 3 aliphatic rings. The first-order valence-corrected chi connectivity index (χ1v) is 34.6. The quantitative estimate of drug-likeness (QED) is 0.0966. The summed E-state index contributed by atoms with van der Waals surface area (Å²) in [7, 11) is 0. The van der Waals surface area contributed by atoms with Gasteiger partial charge < -0.3 is 16.0 Å². The summed E-state index contributed by atoms with van der Waals surface area (Å²) in [6.07, 6.45) is -3.80. The van der Waals surface area contributed by atoms with Crippen LogP contribution >= 0.6 is 0 Å². The van der Waals surface area contributed by atoms with Crippen molar-refractivity contribution in [3.8, 4) is 33.4 Å². The maximum Gasteiger partial charge on any atom is 0.417 e. The maximum absolute atomic E-state index is 13.9. The first kappa shape index (κ1) is 77.4. The van der Waals surface area contributed by atoms with Gasteiger partial charge in [-0.25, -0.2) is 54.0 Å². The zero-order valence-corrected chi connectivity index (χ0v) is 60.7. The molecule has 3 aliphatic heterocycles. The van der Waals surface area contributed by atoms with E-state index in [9.17, 15) is 72.7 Å². The van der Waals surface area contributed by atoms with Gasteiger partial charge in [-0.1, -0.05) is 72.8 Å². The number of nitrogens with one attached hydrogen (secondary N) is 3. The van der Waals surface area contributed by atoms with Gasteiger partial charge in [0.25, 0.3) is 17.7 Å². The second kappa shape index (κ2) is 29.9. The van der Waals surface area contributed by atoms with E-state index < -0.39 is 91.7 Å². The Hall–Kier alpha value is -13.7. The molecule has 113 heavy (non-hydrogen) atoms. The van der Waals surface area contributed by atoms with Gasteiger partial charge in [-0.15, -0.1) is 0 Å². The molecule has 0 unspecified atom stereocenters. The Morgan fingerprint density at radius 2 is 0.770 bits per heavy atom. The van der Waals surface area contributed by atoms with Crippen LogP contribution in [0, 0.1) is 12.7 Å². The molecule has 0 saturated carbocycles. The molecule has 0 atom stereocenters. The molecule has 0 fully saturated rings. The Balaban J connectivity index is 0.000000148. The fourth-order valence-corrected chi connectivity index (χ4v) is 13.8. The highest BCUT2D eigenvalue weighted by Crippen LogP contribution is 2.53. The number of nitrogens with zero attached hydrogens (tertiary/aromatic N) is 10. The van der Waals surface area contributed by atoms with Gasteiger partial charge in [-0.05, 0) is 220 Å². The maximum atomic E-state index is 13.9. The number of hydrogen-bond acceptors (Lipinski definition) is 13. The average Bonchev–Trinajstić information content (AvgIpc) is 1.59. The number of pyridine rings is 3. The molecule has 0 aliphatic carbocycles. The summed E-state index contributed by atoms with van der Waals surface area (Å²) in [5.74, 6) is -3.00. The number of hydrogen-bond donors (Lipinski definition) is 3. The van der Waals surface area contributed by atoms with Crippen LogP contribution in [0.3, 0.4) is 0 Å². The van der Waals surface area contributed by atoms with Gasteiger partial charge in [0.1, 0.15) is 23.3 Å². The van der Waals surface area contributed by atoms with E-state index in [0.717, 1.165) is 30.3 Å². The summed E-state index contributed by atoms with van der Waals surface area (Å²) in [6.45, 7) is 11.8. The van der Waals surface area contributed by atoms with E-state index in [1.807, 2.05) is 0 Å². The van der Waals surface area contributed by atoms with Gasteiger partial charge in [-0.2, -0.15) is 39.5 Å². The monoisotopic (exact) mass is 1540 g/mol. The highest BCUT2D eigenvalue weighted by molar-refractivity contribution is 6.16. The van der Waals surface area contributed by atoms with Crippen LogP contribution in [0.1, 0.15) is 112 Å². The summed E-state index contributed by atoms with van der Waals surface area (Å²) in [6, 6.07) is 47.1. The molecule has 0 saturated heterocycles. The number of alkyl halides is 9. The lowest BCUT2D eigenvalue weighted by molar-refractivity contribution is -0.138. The number of rotatable bonds is 12. The van der Waals surface area contributed by atoms with Crippen LogP contribution in [0.2, 0.25) is 0 Å². The fraction of sp³-hybridized carbons (Fsp3) is 0.155. The number of anilines is 9. The topological polar surface area (TPSA) is 238 Å². The third-order valence-electron chi connectivity index (χ3n) is 19.2. The molecule has 7 aromatic carbocycles. The number of carbonyl (C=O) groups is 6. The Morgan fingerprint density at radius 1 is 0.363 bits per heavy atom. The number of carbonyl (C=O) groups excluding carboxylic acids is 6. The third-order valence-corrected chi connectivity index (χ3v) is 19.2. The summed E-state index contributed by atoms with van der Waals surface area (Å²) >= 11 is 0. The van der Waals surface area contributed by atoms with Crippen LogP contribution in [0.5, 0.6) is 0 Å². The molecule has 6 amide bonds. The van der Waals surface area contributed by atoms with Gasteiger partial charge in [0.15, 0.2) is 0 Å². The van der Waals surface area contributed by atoms with Gasteiger partial charge in [-0.3, -0.25) is 28.8 Å². The predicted molar refractivity (Wildman–Crippen MR) is 403 cm³/mol. The van der Waals surface area contributed by atoms with E-state index in [2.05, 4.69) is 50.8 Å². The number of aryl methyl sites for hydroxylation is 1. The number of benzene rings is 7. The van der Waals surface area contributed by atoms with Crippen molar-refractivity contribution in [2.45, 2.75) is 83.2 Å². The third kappa shape index (κ3) is 15.0. The summed E-state index contributed by atoms with van der Waals surface area (Å²) in [5, 5.41) is 7.39. The molecule has 5 aromatic heterocycles. The van der Waals surface area contributed by atoms with E-state index in [1.54, 1.807) is 163 Å². The largest absolute Gasteiger partial charge is 0.417 e. The molecule has 570 valence electrons. The van der Waals surface area contributed by atoms with Gasteiger partial charge in [0, 0.05) is 60.3 Å². The van der Waals surface area contributed by atoms with Gasteiger partial charge in [0.05, 0.1) is 61.0 Å². The zero-order chi connectivity index (χ0) is 80.9. The van der Waals surface area contributed by atoms with Crippen LogP contribution < -0.4 is 30.7 Å². The second-order valence-electron chi connectivity index (χ2n) is 27.7. The van der Waals surface area contributed by atoms with Crippen molar-refractivity contribution in [1.29, 1.82) is 0 Å². The van der Waals surface area contributed by atoms with Crippen molar-refractivity contribution in [1.82, 2.24) is 34.9 Å². The molecule has 12 aromatic rings. The minimum Gasteiger partial charge on any atom is -0.322 e. The van der Waals surface area contributed by atoms with E-state index in [4.69, 9.17) is 0 Å². The number of para-hydroxylation sites is 1. The number of halogens is 10. The van der Waals surface area contributed by atoms with Crippen LogP contribution in [-0.2, 0) is 49.2 Å². The normalized spacial score (nSPS) is 14.4. The standard InChI is InChI=1S/C29H22F4N4O2.C28H21F3N4O2.C27H20F3N5O2/c1-16-14-18(8-10-22(16)30)36-26(38)20-15-17(7-9-21(20)29(31,32)33)19-11-13-35-25-24(19)28(2,3)27(39)37(25)23-6-4-5-12-34-23;1-27(2)23-19(10-6-11-22(23)35(25(27)37)26-32-14-7-15-33-26)17-12-13-21(28(29,30)31)20(16-17)24(36)34-18-8-4-3-5-9-18;1-26(2)22-17(7-5-8-20(22)35(24(26)37)25-32-13-6-14-33-25)16-10-11-19(27(28,29)30)18(15-16)23(36)34-21-9-3-4-12-31-21/h4-15H,1-3H3,(H,36,38);3-16H,1-2H3,(H,34,36);3-15H,1-2H3,(H,31,34,36).